The van der Waals surface area contributed by atoms with Gasteiger partial charge in [-0.25, -0.2) is 4.79 Å². The molecule has 1 aromatic rings. The lowest BCUT2D eigenvalue weighted by molar-refractivity contribution is -0.195. The van der Waals surface area contributed by atoms with Gasteiger partial charge in [-0.2, -0.15) is 0 Å². The van der Waals surface area contributed by atoms with Crippen molar-refractivity contribution in [1.82, 2.24) is 9.55 Å². The Bertz CT molecular complexity index is 763. The van der Waals surface area contributed by atoms with E-state index < -0.39 is 54.3 Å². The lowest BCUT2D eigenvalue weighted by Gasteiger charge is -2.22. The standard InChI is InChI=1S/C16H24N2O9/c1-7-4-18(16(23)17-14(7)22)11-3-8(20)10(26-11)6-25-15-13(24-2)12(21)9(5-19)27-15/h4,8-13,15,19-21H,3,5-6H2,1-2H3,(H,17,22,23)/t8-,9+,10+,11+,12+,13-,15+/m0/s1. The largest absolute Gasteiger partial charge is 0.394 e. The molecule has 11 nitrogen and oxygen atoms in total. The van der Waals surface area contributed by atoms with Crippen LogP contribution in [-0.2, 0) is 18.9 Å². The number of nitrogens with one attached hydrogen (secondary N) is 1. The van der Waals surface area contributed by atoms with Gasteiger partial charge in [0.2, 0.25) is 0 Å². The van der Waals surface area contributed by atoms with Gasteiger partial charge < -0.3 is 34.3 Å². The summed E-state index contributed by atoms with van der Waals surface area (Å²) in [7, 11) is 1.38. The van der Waals surface area contributed by atoms with Gasteiger partial charge in [0.15, 0.2) is 6.29 Å². The number of ether oxygens (including phenoxy) is 4. The van der Waals surface area contributed by atoms with Gasteiger partial charge in [-0.15, -0.1) is 0 Å². The fourth-order valence-electron chi connectivity index (χ4n) is 3.26. The van der Waals surface area contributed by atoms with Crippen molar-refractivity contribution in [3.63, 3.8) is 0 Å². The molecule has 0 saturated carbocycles. The molecule has 3 heterocycles. The van der Waals surface area contributed by atoms with E-state index in [4.69, 9.17) is 18.9 Å². The smallest absolute Gasteiger partial charge is 0.330 e. The third-order valence-electron chi connectivity index (χ3n) is 4.83. The van der Waals surface area contributed by atoms with E-state index in [1.54, 1.807) is 6.92 Å². The number of aromatic nitrogens is 2. The van der Waals surface area contributed by atoms with Crippen LogP contribution in [0.1, 0.15) is 18.2 Å². The normalized spacial score (nSPS) is 36.4. The molecule has 0 bridgehead atoms. The second-order valence-electron chi connectivity index (χ2n) is 6.66. The van der Waals surface area contributed by atoms with E-state index in [2.05, 4.69) is 4.98 Å². The van der Waals surface area contributed by atoms with E-state index >= 15 is 0 Å². The average Bonchev–Trinajstić information content (AvgIpc) is 3.15. The molecule has 2 saturated heterocycles. The summed E-state index contributed by atoms with van der Waals surface area (Å²) in [5.41, 5.74) is -0.758. The maximum absolute atomic E-state index is 12.0. The van der Waals surface area contributed by atoms with Crippen molar-refractivity contribution in [3.05, 3.63) is 32.6 Å². The van der Waals surface area contributed by atoms with Crippen LogP contribution in [0.25, 0.3) is 0 Å². The Labute approximate surface area is 154 Å². The fourth-order valence-corrected chi connectivity index (χ4v) is 3.26. The number of H-pyrrole nitrogens is 1. The molecule has 0 aliphatic carbocycles. The van der Waals surface area contributed by atoms with Gasteiger partial charge in [-0.1, -0.05) is 0 Å². The molecule has 1 aromatic heterocycles. The highest BCUT2D eigenvalue weighted by Gasteiger charge is 2.45. The number of rotatable bonds is 6. The van der Waals surface area contributed by atoms with Gasteiger partial charge in [-0.05, 0) is 6.92 Å². The minimum atomic E-state index is -1.05. The highest BCUT2D eigenvalue weighted by molar-refractivity contribution is 5.02. The molecule has 2 aliphatic heterocycles. The highest BCUT2D eigenvalue weighted by atomic mass is 16.7. The number of nitrogens with zero attached hydrogens (tertiary/aromatic N) is 1. The number of methoxy groups -OCH3 is 1. The Hall–Kier alpha value is -1.60. The second kappa shape index (κ2) is 8.19. The van der Waals surface area contributed by atoms with Crippen molar-refractivity contribution >= 4 is 0 Å². The van der Waals surface area contributed by atoms with Crippen molar-refractivity contribution in [1.29, 1.82) is 0 Å². The van der Waals surface area contributed by atoms with Gasteiger partial charge in [0.05, 0.1) is 19.3 Å². The van der Waals surface area contributed by atoms with Crippen molar-refractivity contribution in [2.75, 3.05) is 20.3 Å². The van der Waals surface area contributed by atoms with Crippen LogP contribution in [0.5, 0.6) is 0 Å². The van der Waals surface area contributed by atoms with Crippen LogP contribution >= 0.6 is 0 Å². The quantitative estimate of drug-likeness (QED) is 0.418. The first kappa shape index (κ1) is 20.1. The predicted molar refractivity (Wildman–Crippen MR) is 89.1 cm³/mol. The fraction of sp³-hybridized carbons (Fsp3) is 0.750. The van der Waals surface area contributed by atoms with E-state index in [1.165, 1.54) is 17.9 Å². The number of aromatic amines is 1. The summed E-state index contributed by atoms with van der Waals surface area (Å²) < 4.78 is 23.0. The molecule has 0 unspecified atom stereocenters. The Morgan fingerprint density at radius 1 is 1.30 bits per heavy atom. The first-order valence-electron chi connectivity index (χ1n) is 8.60. The molecule has 2 fully saturated rings. The summed E-state index contributed by atoms with van der Waals surface area (Å²) in [6.45, 7) is 1.09. The highest BCUT2D eigenvalue weighted by Crippen LogP contribution is 2.30. The number of aliphatic hydroxyl groups is 3. The number of hydrogen-bond donors (Lipinski definition) is 4. The first-order valence-corrected chi connectivity index (χ1v) is 8.60. The molecule has 3 rings (SSSR count). The SMILES string of the molecule is CO[C@@H]1[C@H](OC[C@H]2O[C@@H](n3cc(C)c(=O)[nH]c3=O)C[C@@H]2O)O[C@H](CO)[C@H]1O. The average molecular weight is 388 g/mol. The van der Waals surface area contributed by atoms with Crippen LogP contribution < -0.4 is 11.2 Å². The number of hydrogen-bond acceptors (Lipinski definition) is 9. The van der Waals surface area contributed by atoms with Crippen molar-refractivity contribution in [3.8, 4) is 0 Å². The summed E-state index contributed by atoms with van der Waals surface area (Å²) >= 11 is 0. The van der Waals surface area contributed by atoms with Gasteiger partial charge in [-0.3, -0.25) is 14.3 Å². The summed E-state index contributed by atoms with van der Waals surface area (Å²) in [6.07, 6.45) is -4.49. The van der Waals surface area contributed by atoms with E-state index in [9.17, 15) is 24.9 Å². The first-order chi connectivity index (χ1) is 12.8. The van der Waals surface area contributed by atoms with E-state index in [1.807, 2.05) is 0 Å². The van der Waals surface area contributed by atoms with Crippen LogP contribution in [0, 0.1) is 6.92 Å². The molecule has 0 spiro atoms. The Kier molecular flexibility index (Phi) is 6.11. The van der Waals surface area contributed by atoms with Crippen molar-refractivity contribution in [2.45, 2.75) is 56.4 Å². The van der Waals surface area contributed by atoms with Crippen molar-refractivity contribution < 1.29 is 34.3 Å². The molecule has 27 heavy (non-hydrogen) atoms. The summed E-state index contributed by atoms with van der Waals surface area (Å²) in [5.74, 6) is 0. The molecule has 0 amide bonds. The zero-order chi connectivity index (χ0) is 19.7. The summed E-state index contributed by atoms with van der Waals surface area (Å²) in [4.78, 5) is 25.6. The van der Waals surface area contributed by atoms with Gasteiger partial charge in [0.1, 0.15) is 30.6 Å². The van der Waals surface area contributed by atoms with Gasteiger partial charge >= 0.3 is 5.69 Å². The van der Waals surface area contributed by atoms with E-state index in [-0.39, 0.29) is 19.6 Å². The van der Waals surface area contributed by atoms with Crippen molar-refractivity contribution in [2.24, 2.45) is 0 Å². The van der Waals surface area contributed by atoms with Crippen LogP contribution in [0.2, 0.25) is 0 Å². The van der Waals surface area contributed by atoms with Crippen LogP contribution in [0.15, 0.2) is 15.8 Å². The molecule has 11 heteroatoms. The Morgan fingerprint density at radius 2 is 2.04 bits per heavy atom. The topological polar surface area (TPSA) is 152 Å². The molecule has 4 N–H and O–H groups in total. The van der Waals surface area contributed by atoms with E-state index in [0.717, 1.165) is 0 Å². The lowest BCUT2D eigenvalue weighted by atomic mass is 10.1. The van der Waals surface area contributed by atoms with Gasteiger partial charge in [0.25, 0.3) is 5.56 Å². The predicted octanol–water partition coefficient (Wildman–Crippen LogP) is -2.40. The third-order valence-corrected chi connectivity index (χ3v) is 4.83. The zero-order valence-corrected chi connectivity index (χ0v) is 15.0. The molecule has 2 aliphatic rings. The Balaban J connectivity index is 1.63. The second-order valence-corrected chi connectivity index (χ2v) is 6.66. The summed E-state index contributed by atoms with van der Waals surface area (Å²) in [6, 6.07) is 0. The summed E-state index contributed by atoms with van der Waals surface area (Å²) in [5, 5.41) is 29.4. The zero-order valence-electron chi connectivity index (χ0n) is 15.0. The molecule has 0 radical (unpaired) electrons. The Morgan fingerprint density at radius 3 is 2.70 bits per heavy atom. The molecule has 0 aromatic carbocycles. The number of aryl methyl sites for hydroxylation is 1. The van der Waals surface area contributed by atoms with E-state index in [0.29, 0.717) is 5.56 Å². The van der Waals surface area contributed by atoms with Gasteiger partial charge in [0, 0.05) is 25.3 Å². The maximum Gasteiger partial charge on any atom is 0.330 e. The van der Waals surface area contributed by atoms with Crippen LogP contribution in [0.4, 0.5) is 0 Å². The monoisotopic (exact) mass is 388 g/mol. The van der Waals surface area contributed by atoms with Crippen LogP contribution in [0.3, 0.4) is 0 Å². The third kappa shape index (κ3) is 3.99. The molecular formula is C16H24N2O9. The maximum atomic E-state index is 12.0. The molecule has 7 atom stereocenters. The lowest BCUT2D eigenvalue weighted by Crippen LogP contribution is -2.38. The van der Waals surface area contributed by atoms with Crippen LogP contribution in [-0.4, -0.2) is 82.0 Å². The minimum Gasteiger partial charge on any atom is -0.394 e. The minimum absolute atomic E-state index is 0.0792. The molecule has 152 valence electrons. The number of aliphatic hydroxyl groups excluding tert-OH is 3. The molecular weight excluding hydrogens is 364 g/mol.